The van der Waals surface area contributed by atoms with Crippen LogP contribution >= 0.6 is 23.2 Å². The van der Waals surface area contributed by atoms with Crippen LogP contribution in [-0.2, 0) is 11.3 Å². The Hall–Kier alpha value is -2.89. The van der Waals surface area contributed by atoms with Crippen molar-refractivity contribution in [3.05, 3.63) is 81.8 Å². The molecule has 0 heterocycles. The molecule has 0 aliphatic heterocycles. The number of anilines is 2. The molecule has 2 N–H and O–H groups in total. The van der Waals surface area contributed by atoms with E-state index in [2.05, 4.69) is 10.6 Å². The van der Waals surface area contributed by atoms with Crippen molar-refractivity contribution in [1.82, 2.24) is 0 Å². The number of nitrogens with one attached hydrogen (secondary N) is 2. The molecule has 3 aromatic rings. The molecule has 7 heteroatoms. The predicted molar refractivity (Wildman–Crippen MR) is 127 cm³/mol. The Morgan fingerprint density at radius 1 is 0.935 bits per heavy atom. The molecule has 0 unspecified atom stereocenters. The fourth-order valence-electron chi connectivity index (χ4n) is 2.86. The number of benzene rings is 3. The van der Waals surface area contributed by atoms with Crippen molar-refractivity contribution in [3.8, 4) is 11.5 Å². The fourth-order valence-corrected chi connectivity index (χ4v) is 3.33. The van der Waals surface area contributed by atoms with Crippen LogP contribution in [0.5, 0.6) is 11.5 Å². The molecule has 0 bridgehead atoms. The van der Waals surface area contributed by atoms with Gasteiger partial charge in [-0.05, 0) is 61.9 Å². The van der Waals surface area contributed by atoms with E-state index in [9.17, 15) is 4.79 Å². The number of amides is 1. The van der Waals surface area contributed by atoms with Crippen molar-refractivity contribution in [2.45, 2.75) is 20.4 Å². The summed E-state index contributed by atoms with van der Waals surface area (Å²) in [5.74, 6) is 0.843. The van der Waals surface area contributed by atoms with E-state index < -0.39 is 0 Å². The lowest BCUT2D eigenvalue weighted by Gasteiger charge is -2.14. The Balaban J connectivity index is 1.61. The van der Waals surface area contributed by atoms with Gasteiger partial charge in [-0.15, -0.1) is 0 Å². The SMILES string of the molecule is CCOc1cc(CNc2ccc(Cl)cc2Cl)ccc1OCC(=O)Nc1ccc(C)cc1. The molecule has 0 spiro atoms. The predicted octanol–water partition coefficient (Wildman–Crippen LogP) is 6.33. The molecule has 0 aliphatic rings. The second-order valence-corrected chi connectivity index (χ2v) is 7.74. The molecule has 0 aliphatic carbocycles. The molecule has 3 rings (SSSR count). The van der Waals surface area contributed by atoms with Crippen molar-refractivity contribution in [2.24, 2.45) is 0 Å². The maximum atomic E-state index is 12.2. The Morgan fingerprint density at radius 2 is 1.71 bits per heavy atom. The van der Waals surface area contributed by atoms with Crippen LogP contribution in [0, 0.1) is 6.92 Å². The summed E-state index contributed by atoms with van der Waals surface area (Å²) in [5, 5.41) is 7.23. The maximum Gasteiger partial charge on any atom is 0.262 e. The van der Waals surface area contributed by atoms with E-state index in [0.717, 1.165) is 22.5 Å². The highest BCUT2D eigenvalue weighted by Gasteiger charge is 2.10. The minimum Gasteiger partial charge on any atom is -0.490 e. The van der Waals surface area contributed by atoms with Crippen molar-refractivity contribution in [1.29, 1.82) is 0 Å². The third-order valence-electron chi connectivity index (χ3n) is 4.42. The fraction of sp³-hybridized carbons (Fsp3) is 0.208. The number of halogens is 2. The molecule has 5 nitrogen and oxygen atoms in total. The summed E-state index contributed by atoms with van der Waals surface area (Å²) >= 11 is 12.1. The number of hydrogen-bond donors (Lipinski definition) is 2. The summed E-state index contributed by atoms with van der Waals surface area (Å²) in [6.45, 7) is 4.78. The first-order valence-electron chi connectivity index (χ1n) is 9.88. The van der Waals surface area contributed by atoms with Crippen LogP contribution in [0.4, 0.5) is 11.4 Å². The normalized spacial score (nSPS) is 10.5. The van der Waals surface area contributed by atoms with Gasteiger partial charge in [-0.1, -0.05) is 47.0 Å². The number of carbonyl (C=O) groups excluding carboxylic acids is 1. The number of ether oxygens (including phenoxy) is 2. The molecule has 31 heavy (non-hydrogen) atoms. The maximum absolute atomic E-state index is 12.2. The van der Waals surface area contributed by atoms with Crippen LogP contribution in [0.2, 0.25) is 10.0 Å². The number of carbonyl (C=O) groups is 1. The van der Waals surface area contributed by atoms with E-state index >= 15 is 0 Å². The average molecular weight is 459 g/mol. The lowest BCUT2D eigenvalue weighted by molar-refractivity contribution is -0.118. The second-order valence-electron chi connectivity index (χ2n) is 6.89. The van der Waals surface area contributed by atoms with E-state index in [4.69, 9.17) is 32.7 Å². The Labute approximate surface area is 192 Å². The Kier molecular flexibility index (Phi) is 8.04. The smallest absolute Gasteiger partial charge is 0.262 e. The summed E-state index contributed by atoms with van der Waals surface area (Å²) in [6, 6.07) is 18.5. The lowest BCUT2D eigenvalue weighted by atomic mass is 10.2. The van der Waals surface area contributed by atoms with Gasteiger partial charge in [-0.3, -0.25) is 4.79 Å². The van der Waals surface area contributed by atoms with Crippen molar-refractivity contribution in [3.63, 3.8) is 0 Å². The van der Waals surface area contributed by atoms with Gasteiger partial charge in [-0.25, -0.2) is 0 Å². The summed E-state index contributed by atoms with van der Waals surface area (Å²) in [5.41, 5.74) is 3.62. The van der Waals surface area contributed by atoms with Crippen molar-refractivity contribution >= 4 is 40.5 Å². The zero-order chi connectivity index (χ0) is 22.2. The molecule has 0 radical (unpaired) electrons. The van der Waals surface area contributed by atoms with Gasteiger partial charge in [0.1, 0.15) is 0 Å². The quantitative estimate of drug-likeness (QED) is 0.393. The van der Waals surface area contributed by atoms with Gasteiger partial charge < -0.3 is 20.1 Å². The first kappa shape index (κ1) is 22.8. The summed E-state index contributed by atoms with van der Waals surface area (Å²) < 4.78 is 11.4. The van der Waals surface area contributed by atoms with E-state index in [0.29, 0.717) is 34.7 Å². The van der Waals surface area contributed by atoms with Gasteiger partial charge in [0.2, 0.25) is 0 Å². The monoisotopic (exact) mass is 458 g/mol. The highest BCUT2D eigenvalue weighted by Crippen LogP contribution is 2.30. The highest BCUT2D eigenvalue weighted by molar-refractivity contribution is 6.36. The second kappa shape index (κ2) is 10.9. The van der Waals surface area contributed by atoms with E-state index in [1.54, 1.807) is 18.2 Å². The van der Waals surface area contributed by atoms with Gasteiger partial charge in [-0.2, -0.15) is 0 Å². The largest absolute Gasteiger partial charge is 0.490 e. The lowest BCUT2D eigenvalue weighted by Crippen LogP contribution is -2.20. The van der Waals surface area contributed by atoms with Gasteiger partial charge >= 0.3 is 0 Å². The topological polar surface area (TPSA) is 59.6 Å². The third-order valence-corrected chi connectivity index (χ3v) is 4.96. The van der Waals surface area contributed by atoms with Crippen molar-refractivity contribution < 1.29 is 14.3 Å². The van der Waals surface area contributed by atoms with E-state index in [-0.39, 0.29) is 12.5 Å². The summed E-state index contributed by atoms with van der Waals surface area (Å²) in [6.07, 6.45) is 0. The number of rotatable bonds is 9. The van der Waals surface area contributed by atoms with Crippen LogP contribution in [-0.4, -0.2) is 19.1 Å². The molecule has 0 fully saturated rings. The van der Waals surface area contributed by atoms with Gasteiger partial charge in [0, 0.05) is 17.3 Å². The van der Waals surface area contributed by atoms with Gasteiger partial charge in [0.15, 0.2) is 18.1 Å². The molecule has 0 saturated heterocycles. The zero-order valence-electron chi connectivity index (χ0n) is 17.4. The van der Waals surface area contributed by atoms with Crippen LogP contribution in [0.1, 0.15) is 18.1 Å². The molecule has 162 valence electrons. The first-order chi connectivity index (χ1) is 14.9. The summed E-state index contributed by atoms with van der Waals surface area (Å²) in [4.78, 5) is 12.2. The number of aryl methyl sites for hydroxylation is 1. The summed E-state index contributed by atoms with van der Waals surface area (Å²) in [7, 11) is 0. The first-order valence-corrected chi connectivity index (χ1v) is 10.6. The average Bonchev–Trinajstić information content (AvgIpc) is 2.74. The minimum atomic E-state index is -0.241. The number of hydrogen-bond acceptors (Lipinski definition) is 4. The van der Waals surface area contributed by atoms with Crippen LogP contribution in [0.3, 0.4) is 0 Å². The van der Waals surface area contributed by atoms with E-state index in [1.165, 1.54) is 0 Å². The molecular weight excluding hydrogens is 435 g/mol. The minimum absolute atomic E-state index is 0.119. The third kappa shape index (κ3) is 6.81. The Bertz CT molecular complexity index is 1040. The highest BCUT2D eigenvalue weighted by atomic mass is 35.5. The molecule has 0 aromatic heterocycles. The Morgan fingerprint density at radius 3 is 2.42 bits per heavy atom. The zero-order valence-corrected chi connectivity index (χ0v) is 18.9. The molecule has 0 atom stereocenters. The molecule has 1 amide bonds. The van der Waals surface area contributed by atoms with Crippen LogP contribution < -0.4 is 20.1 Å². The van der Waals surface area contributed by atoms with Crippen molar-refractivity contribution in [2.75, 3.05) is 23.8 Å². The molecule has 3 aromatic carbocycles. The molecular formula is C24H24Cl2N2O3. The van der Waals surface area contributed by atoms with Crippen LogP contribution in [0.25, 0.3) is 0 Å². The van der Waals surface area contributed by atoms with E-state index in [1.807, 2.05) is 56.3 Å². The molecule has 0 saturated carbocycles. The standard InChI is InChI=1S/C24H24Cl2N2O3/c1-3-30-23-12-17(14-27-21-10-7-18(25)13-20(21)26)6-11-22(23)31-15-24(29)28-19-8-4-16(2)5-9-19/h4-13,27H,3,14-15H2,1-2H3,(H,28,29). The van der Waals surface area contributed by atoms with Crippen LogP contribution in [0.15, 0.2) is 60.7 Å². The van der Waals surface area contributed by atoms with Gasteiger partial charge in [0.05, 0.1) is 17.3 Å². The van der Waals surface area contributed by atoms with Gasteiger partial charge in [0.25, 0.3) is 5.91 Å².